The van der Waals surface area contributed by atoms with Crippen LogP contribution in [0.3, 0.4) is 0 Å². The van der Waals surface area contributed by atoms with E-state index in [4.69, 9.17) is 0 Å². The van der Waals surface area contributed by atoms with Crippen molar-refractivity contribution < 1.29 is 14.0 Å². The first kappa shape index (κ1) is 28.9. The van der Waals surface area contributed by atoms with Crippen LogP contribution in [0.15, 0.2) is 91.0 Å². The number of hydrogen-bond acceptors (Lipinski definition) is 2. The summed E-state index contributed by atoms with van der Waals surface area (Å²) in [5.74, 6) is -0.438. The summed E-state index contributed by atoms with van der Waals surface area (Å²) >= 11 is 0. The van der Waals surface area contributed by atoms with E-state index in [-0.39, 0.29) is 23.7 Å². The molecule has 1 heterocycles. The third-order valence-corrected chi connectivity index (χ3v) is 9.11. The largest absolute Gasteiger partial charge is 0.351 e. The highest BCUT2D eigenvalue weighted by Crippen LogP contribution is 2.36. The van der Waals surface area contributed by atoms with Gasteiger partial charge in [0.1, 0.15) is 17.6 Å². The molecule has 222 valence electrons. The monoisotopic (exact) mass is 577 g/mol. The summed E-state index contributed by atoms with van der Waals surface area (Å²) in [5, 5.41) is 3.25. The predicted molar refractivity (Wildman–Crippen MR) is 169 cm³/mol. The van der Waals surface area contributed by atoms with Gasteiger partial charge in [-0.15, -0.1) is 0 Å². The van der Waals surface area contributed by atoms with E-state index in [0.717, 1.165) is 36.9 Å². The smallest absolute Gasteiger partial charge is 0.275 e. The van der Waals surface area contributed by atoms with Crippen molar-refractivity contribution in [1.82, 2.24) is 10.3 Å². The molecule has 6 heteroatoms. The number of rotatable bonds is 8. The van der Waals surface area contributed by atoms with Gasteiger partial charge in [0.25, 0.3) is 5.91 Å². The van der Waals surface area contributed by atoms with Crippen LogP contribution in [0.25, 0.3) is 11.3 Å². The number of aromatic nitrogens is 1. The molecule has 2 N–H and O–H groups in total. The molecule has 43 heavy (non-hydrogen) atoms. The average molecular weight is 578 g/mol. The third kappa shape index (κ3) is 6.74. The van der Waals surface area contributed by atoms with Gasteiger partial charge in [0.15, 0.2) is 0 Å². The summed E-state index contributed by atoms with van der Waals surface area (Å²) in [6, 6.07) is 26.7. The Kier molecular flexibility index (Phi) is 9.01. The standard InChI is InChI=1S/C37H40FN3O2/c38-30-20-16-29(17-21-30)35(36(42)39-31-14-8-3-9-15-31)41(32-22-18-27(19-23-32)26-10-4-1-5-11-26)37(43)34-25-24-33(40-34)28-12-6-2-7-13-28/h2,6-7,12-13,16-26,31,35,40H,1,3-5,8-11,14-15H2,(H,39,42). The molecule has 0 aliphatic heterocycles. The molecule has 2 aliphatic carbocycles. The van der Waals surface area contributed by atoms with Gasteiger partial charge in [0.05, 0.1) is 0 Å². The number of benzene rings is 3. The number of carbonyl (C=O) groups excluding carboxylic acids is 2. The van der Waals surface area contributed by atoms with E-state index >= 15 is 0 Å². The lowest BCUT2D eigenvalue weighted by Crippen LogP contribution is -2.47. The van der Waals surface area contributed by atoms with E-state index in [1.54, 1.807) is 23.1 Å². The van der Waals surface area contributed by atoms with E-state index in [0.29, 0.717) is 22.9 Å². The molecule has 2 saturated carbocycles. The Morgan fingerprint density at radius 3 is 2.07 bits per heavy atom. The van der Waals surface area contributed by atoms with Crippen LogP contribution in [0.5, 0.6) is 0 Å². The van der Waals surface area contributed by atoms with Crippen molar-refractivity contribution in [2.45, 2.75) is 82.2 Å². The van der Waals surface area contributed by atoms with E-state index in [9.17, 15) is 14.0 Å². The maximum Gasteiger partial charge on any atom is 0.275 e. The molecule has 3 aromatic carbocycles. The van der Waals surface area contributed by atoms with Gasteiger partial charge in [-0.3, -0.25) is 14.5 Å². The number of amides is 2. The maximum absolute atomic E-state index is 14.5. The minimum absolute atomic E-state index is 0.0602. The molecule has 0 spiro atoms. The van der Waals surface area contributed by atoms with Gasteiger partial charge in [0.2, 0.25) is 5.91 Å². The lowest BCUT2D eigenvalue weighted by molar-refractivity contribution is -0.123. The molecule has 1 atom stereocenters. The fraction of sp³-hybridized carbons (Fsp3) is 0.351. The maximum atomic E-state index is 14.5. The van der Waals surface area contributed by atoms with Crippen LogP contribution in [0.2, 0.25) is 0 Å². The zero-order valence-corrected chi connectivity index (χ0v) is 24.6. The number of nitrogens with one attached hydrogen (secondary N) is 2. The van der Waals surface area contributed by atoms with Gasteiger partial charge in [-0.1, -0.05) is 93.1 Å². The zero-order valence-electron chi connectivity index (χ0n) is 24.6. The Hall–Kier alpha value is -4.19. The second-order valence-corrected chi connectivity index (χ2v) is 12.1. The minimum atomic E-state index is -0.973. The average Bonchev–Trinajstić information content (AvgIpc) is 3.56. The number of nitrogens with zero attached hydrogens (tertiary/aromatic N) is 1. The van der Waals surface area contributed by atoms with Gasteiger partial charge >= 0.3 is 0 Å². The second-order valence-electron chi connectivity index (χ2n) is 12.1. The number of aromatic amines is 1. The molecule has 6 rings (SSSR count). The molecule has 5 nitrogen and oxygen atoms in total. The molecule has 1 aromatic heterocycles. The molecule has 0 saturated heterocycles. The normalized spacial score (nSPS) is 16.9. The molecule has 4 aromatic rings. The lowest BCUT2D eigenvalue weighted by Gasteiger charge is -2.33. The zero-order chi connectivity index (χ0) is 29.6. The molecule has 2 fully saturated rings. The molecule has 0 bridgehead atoms. The summed E-state index contributed by atoms with van der Waals surface area (Å²) in [7, 11) is 0. The van der Waals surface area contributed by atoms with Crippen molar-refractivity contribution in [3.63, 3.8) is 0 Å². The Bertz CT molecular complexity index is 1500. The second kappa shape index (κ2) is 13.4. The molecule has 2 amide bonds. The summed E-state index contributed by atoms with van der Waals surface area (Å²) in [4.78, 5) is 33.6. The van der Waals surface area contributed by atoms with E-state index in [1.165, 1.54) is 56.2 Å². The lowest BCUT2D eigenvalue weighted by atomic mass is 9.84. The van der Waals surface area contributed by atoms with Crippen molar-refractivity contribution >= 4 is 17.5 Å². The number of hydrogen-bond donors (Lipinski definition) is 2. The van der Waals surface area contributed by atoms with Crippen molar-refractivity contribution in [2.24, 2.45) is 0 Å². The molecule has 1 unspecified atom stereocenters. The number of halogens is 1. The minimum Gasteiger partial charge on any atom is -0.351 e. The van der Waals surface area contributed by atoms with Crippen LogP contribution in [0.1, 0.15) is 97.8 Å². The predicted octanol–water partition coefficient (Wildman–Crippen LogP) is 8.71. The summed E-state index contributed by atoms with van der Waals surface area (Å²) in [5.41, 5.74) is 4.64. The highest BCUT2D eigenvalue weighted by molar-refractivity contribution is 6.09. The highest BCUT2D eigenvalue weighted by Gasteiger charge is 2.35. The number of carbonyl (C=O) groups is 2. The van der Waals surface area contributed by atoms with Crippen LogP contribution >= 0.6 is 0 Å². The van der Waals surface area contributed by atoms with Crippen molar-refractivity contribution in [3.05, 3.63) is 114 Å². The van der Waals surface area contributed by atoms with Crippen LogP contribution in [-0.2, 0) is 4.79 Å². The topological polar surface area (TPSA) is 65.2 Å². The Balaban J connectivity index is 1.40. The summed E-state index contributed by atoms with van der Waals surface area (Å²) in [6.45, 7) is 0. The molecule has 0 radical (unpaired) electrons. The number of anilines is 1. The molecule has 2 aliphatic rings. The fourth-order valence-corrected chi connectivity index (χ4v) is 6.75. The van der Waals surface area contributed by atoms with E-state index in [2.05, 4.69) is 22.4 Å². The first-order chi connectivity index (χ1) is 21.1. The van der Waals surface area contributed by atoms with Crippen LogP contribution < -0.4 is 10.2 Å². The number of H-pyrrole nitrogens is 1. The van der Waals surface area contributed by atoms with Gasteiger partial charge in [-0.25, -0.2) is 4.39 Å². The third-order valence-electron chi connectivity index (χ3n) is 9.11. The van der Waals surface area contributed by atoms with E-state index < -0.39 is 6.04 Å². The Morgan fingerprint density at radius 2 is 1.40 bits per heavy atom. The molecular weight excluding hydrogens is 537 g/mol. The van der Waals surface area contributed by atoms with Gasteiger partial charge in [-0.05, 0) is 84.7 Å². The van der Waals surface area contributed by atoms with Crippen molar-refractivity contribution in [1.29, 1.82) is 0 Å². The first-order valence-corrected chi connectivity index (χ1v) is 15.8. The highest BCUT2D eigenvalue weighted by atomic mass is 19.1. The summed E-state index contributed by atoms with van der Waals surface area (Å²) in [6.07, 6.45) is 11.3. The van der Waals surface area contributed by atoms with Gasteiger partial charge < -0.3 is 10.3 Å². The van der Waals surface area contributed by atoms with Crippen molar-refractivity contribution in [2.75, 3.05) is 4.90 Å². The van der Waals surface area contributed by atoms with E-state index in [1.807, 2.05) is 48.5 Å². The van der Waals surface area contributed by atoms with Crippen LogP contribution in [-0.4, -0.2) is 22.8 Å². The molecular formula is C37H40FN3O2. The van der Waals surface area contributed by atoms with Crippen LogP contribution in [0, 0.1) is 5.82 Å². The Morgan fingerprint density at radius 1 is 0.744 bits per heavy atom. The SMILES string of the molecule is O=C(NC1CCCCC1)C(c1ccc(F)cc1)N(C(=O)c1ccc(-c2ccccc2)[nH]1)c1ccc(C2CCCCC2)cc1. The first-order valence-electron chi connectivity index (χ1n) is 15.8. The van der Waals surface area contributed by atoms with Gasteiger partial charge in [-0.2, -0.15) is 0 Å². The summed E-state index contributed by atoms with van der Waals surface area (Å²) < 4.78 is 14.1. The van der Waals surface area contributed by atoms with Crippen LogP contribution in [0.4, 0.5) is 10.1 Å². The fourth-order valence-electron chi connectivity index (χ4n) is 6.75. The van der Waals surface area contributed by atoms with Gasteiger partial charge in [0, 0.05) is 17.4 Å². The quantitative estimate of drug-likeness (QED) is 0.220. The Labute approximate surface area is 253 Å². The van der Waals surface area contributed by atoms with Crippen molar-refractivity contribution in [3.8, 4) is 11.3 Å².